The highest BCUT2D eigenvalue weighted by Gasteiger charge is 2.33. The average molecular weight is 506 g/mol. The number of anilines is 1. The number of rotatable bonds is 9. The molecule has 0 saturated heterocycles. The molecule has 0 aliphatic heterocycles. The maximum absolute atomic E-state index is 13.7. The van der Waals surface area contributed by atoms with E-state index >= 15 is 0 Å². The van der Waals surface area contributed by atoms with Crippen molar-refractivity contribution in [1.82, 2.24) is 0 Å². The van der Waals surface area contributed by atoms with Crippen LogP contribution in [0.4, 0.5) is 5.69 Å². The Morgan fingerprint density at radius 1 is 0.882 bits per heavy atom. The summed E-state index contributed by atoms with van der Waals surface area (Å²) >= 11 is 5.93. The second-order valence-electron chi connectivity index (χ2n) is 6.87. The maximum atomic E-state index is 13.7. The molecule has 34 heavy (non-hydrogen) atoms. The van der Waals surface area contributed by atoms with E-state index in [0.717, 1.165) is 0 Å². The third-order valence-corrected chi connectivity index (χ3v) is 6.81. The molecule has 1 amide bonds. The first-order valence-electron chi connectivity index (χ1n) is 10.1. The molecule has 0 aliphatic carbocycles. The van der Waals surface area contributed by atoms with Crippen LogP contribution in [0.2, 0.25) is 5.02 Å². The summed E-state index contributed by atoms with van der Waals surface area (Å²) in [6.45, 7) is 2.27. The molecule has 0 N–H and O–H groups in total. The summed E-state index contributed by atoms with van der Waals surface area (Å²) in [7, 11) is -0.0911. The van der Waals surface area contributed by atoms with E-state index < -0.39 is 15.9 Å². The Morgan fingerprint density at radius 3 is 1.91 bits per heavy atom. The van der Waals surface area contributed by atoms with Gasteiger partial charge in [-0.25, -0.2) is 8.42 Å². The zero-order chi connectivity index (χ0) is 24.9. The molecule has 180 valence electrons. The van der Waals surface area contributed by atoms with Gasteiger partial charge in [-0.3, -0.25) is 4.79 Å². The molecule has 0 aliphatic rings. The van der Waals surface area contributed by atoms with E-state index in [-0.39, 0.29) is 33.4 Å². The van der Waals surface area contributed by atoms with Gasteiger partial charge >= 0.3 is 0 Å². The van der Waals surface area contributed by atoms with Crippen molar-refractivity contribution >= 4 is 33.2 Å². The first kappa shape index (κ1) is 25.2. The van der Waals surface area contributed by atoms with Gasteiger partial charge in [0, 0.05) is 10.6 Å². The number of nitrogens with zero attached hydrogens (tertiary/aromatic N) is 1. The van der Waals surface area contributed by atoms with E-state index in [1.807, 2.05) is 6.92 Å². The van der Waals surface area contributed by atoms with Gasteiger partial charge in [-0.1, -0.05) is 11.6 Å². The summed E-state index contributed by atoms with van der Waals surface area (Å²) in [6.07, 6.45) is 0. The van der Waals surface area contributed by atoms with Gasteiger partial charge in [-0.2, -0.15) is 4.31 Å². The van der Waals surface area contributed by atoms with Gasteiger partial charge in [0.2, 0.25) is 5.75 Å². The summed E-state index contributed by atoms with van der Waals surface area (Å²) in [6, 6.07) is 14.5. The van der Waals surface area contributed by atoms with Gasteiger partial charge < -0.3 is 18.9 Å². The van der Waals surface area contributed by atoms with Crippen molar-refractivity contribution in [1.29, 1.82) is 0 Å². The lowest BCUT2D eigenvalue weighted by atomic mass is 10.1. The molecule has 0 heterocycles. The third-order valence-electron chi connectivity index (χ3n) is 4.83. The van der Waals surface area contributed by atoms with Crippen LogP contribution in [0.1, 0.15) is 17.3 Å². The van der Waals surface area contributed by atoms with Gasteiger partial charge in [0.25, 0.3) is 15.9 Å². The second kappa shape index (κ2) is 10.7. The van der Waals surface area contributed by atoms with E-state index in [2.05, 4.69) is 0 Å². The fourth-order valence-corrected chi connectivity index (χ4v) is 4.78. The summed E-state index contributed by atoms with van der Waals surface area (Å²) in [4.78, 5) is 13.6. The quantitative estimate of drug-likeness (QED) is 0.412. The largest absolute Gasteiger partial charge is 0.494 e. The smallest absolute Gasteiger partial charge is 0.272 e. The number of halogens is 1. The van der Waals surface area contributed by atoms with E-state index in [4.69, 9.17) is 30.5 Å². The van der Waals surface area contributed by atoms with Gasteiger partial charge in [0.1, 0.15) is 5.75 Å². The van der Waals surface area contributed by atoms with E-state index in [1.54, 1.807) is 12.1 Å². The van der Waals surface area contributed by atoms with Crippen LogP contribution in [0.25, 0.3) is 0 Å². The summed E-state index contributed by atoms with van der Waals surface area (Å²) in [5.41, 5.74) is 0.137. The lowest BCUT2D eigenvalue weighted by Gasteiger charge is -2.24. The summed E-state index contributed by atoms with van der Waals surface area (Å²) in [5.74, 6) is 0.407. The zero-order valence-corrected chi connectivity index (χ0v) is 20.6. The average Bonchev–Trinajstić information content (AvgIpc) is 2.84. The SMILES string of the molecule is CCOc1ccc(N(C(=O)c2cc(OC)c(OC)c(OC)c2)S(=O)(=O)c2ccc(Cl)cc2)cc1. The van der Waals surface area contributed by atoms with Crippen molar-refractivity contribution in [3.8, 4) is 23.0 Å². The van der Waals surface area contributed by atoms with E-state index in [0.29, 0.717) is 21.7 Å². The van der Waals surface area contributed by atoms with Crippen LogP contribution in [0.5, 0.6) is 23.0 Å². The molecule has 0 bridgehead atoms. The first-order valence-corrected chi connectivity index (χ1v) is 12.0. The molecular formula is C24H24ClNO7S. The van der Waals surface area contributed by atoms with E-state index in [1.165, 1.54) is 69.9 Å². The monoisotopic (exact) mass is 505 g/mol. The Morgan fingerprint density at radius 2 is 1.44 bits per heavy atom. The van der Waals surface area contributed by atoms with Crippen molar-refractivity contribution in [3.63, 3.8) is 0 Å². The summed E-state index contributed by atoms with van der Waals surface area (Å²) in [5, 5.41) is 0.363. The lowest BCUT2D eigenvalue weighted by Crippen LogP contribution is -2.37. The minimum Gasteiger partial charge on any atom is -0.494 e. The van der Waals surface area contributed by atoms with Crippen LogP contribution in [-0.2, 0) is 10.0 Å². The van der Waals surface area contributed by atoms with Crippen LogP contribution >= 0.6 is 11.6 Å². The standard InChI is InChI=1S/C24H24ClNO7S/c1-5-33-19-10-8-18(9-11-19)26(34(28,29)20-12-6-17(25)7-13-20)24(27)16-14-21(30-2)23(32-4)22(15-16)31-3/h6-15H,5H2,1-4H3. The number of amides is 1. The van der Waals surface area contributed by atoms with Crippen LogP contribution in [0.3, 0.4) is 0 Å². The van der Waals surface area contributed by atoms with Gasteiger partial charge in [0.15, 0.2) is 11.5 Å². The third kappa shape index (κ3) is 5.05. The van der Waals surface area contributed by atoms with Gasteiger partial charge in [-0.05, 0) is 67.6 Å². The highest BCUT2D eigenvalue weighted by atomic mass is 35.5. The molecular weight excluding hydrogens is 482 g/mol. The lowest BCUT2D eigenvalue weighted by molar-refractivity contribution is 0.100. The Hall–Kier alpha value is -3.43. The minimum atomic E-state index is -4.33. The van der Waals surface area contributed by atoms with E-state index in [9.17, 15) is 13.2 Å². The zero-order valence-electron chi connectivity index (χ0n) is 19.1. The number of ether oxygens (including phenoxy) is 4. The number of benzene rings is 3. The first-order chi connectivity index (χ1) is 16.3. The van der Waals surface area contributed by atoms with Crippen LogP contribution in [-0.4, -0.2) is 42.3 Å². The molecule has 0 saturated carbocycles. The molecule has 0 aromatic heterocycles. The predicted molar refractivity (Wildman–Crippen MR) is 129 cm³/mol. The number of carbonyl (C=O) groups excluding carboxylic acids is 1. The molecule has 10 heteroatoms. The van der Waals surface area contributed by atoms with Crippen molar-refractivity contribution < 1.29 is 32.2 Å². The van der Waals surface area contributed by atoms with Crippen LogP contribution < -0.4 is 23.3 Å². The number of hydrogen-bond donors (Lipinski definition) is 0. The molecule has 0 spiro atoms. The van der Waals surface area contributed by atoms with Crippen LogP contribution in [0.15, 0.2) is 65.6 Å². The topological polar surface area (TPSA) is 91.4 Å². The number of methoxy groups -OCH3 is 3. The predicted octanol–water partition coefficient (Wildman–Crippen LogP) is 4.80. The number of carbonyl (C=O) groups is 1. The fraction of sp³-hybridized carbons (Fsp3) is 0.208. The molecule has 3 aromatic carbocycles. The van der Waals surface area contributed by atoms with Crippen molar-refractivity contribution in [2.75, 3.05) is 32.2 Å². The molecule has 3 rings (SSSR count). The minimum absolute atomic E-state index is 0.0147. The Labute approximate surface area is 203 Å². The highest BCUT2D eigenvalue weighted by Crippen LogP contribution is 2.39. The van der Waals surface area contributed by atoms with Crippen molar-refractivity contribution in [3.05, 3.63) is 71.2 Å². The van der Waals surface area contributed by atoms with Crippen molar-refractivity contribution in [2.24, 2.45) is 0 Å². The number of hydrogen-bond acceptors (Lipinski definition) is 7. The molecule has 3 aromatic rings. The highest BCUT2D eigenvalue weighted by molar-refractivity contribution is 7.93. The molecule has 0 unspecified atom stereocenters. The second-order valence-corrected chi connectivity index (χ2v) is 9.09. The Bertz CT molecular complexity index is 1230. The molecule has 8 nitrogen and oxygen atoms in total. The normalized spacial score (nSPS) is 11.0. The maximum Gasteiger partial charge on any atom is 0.272 e. The molecule has 0 atom stereocenters. The molecule has 0 fully saturated rings. The van der Waals surface area contributed by atoms with Gasteiger partial charge in [0.05, 0.1) is 38.5 Å². The van der Waals surface area contributed by atoms with Crippen molar-refractivity contribution in [2.45, 2.75) is 11.8 Å². The molecule has 0 radical (unpaired) electrons. The van der Waals surface area contributed by atoms with Gasteiger partial charge in [-0.15, -0.1) is 0 Å². The Balaban J connectivity index is 2.19. The Kier molecular flexibility index (Phi) is 7.90. The summed E-state index contributed by atoms with van der Waals surface area (Å²) < 4.78 is 49.4. The fourth-order valence-electron chi connectivity index (χ4n) is 3.24. The van der Waals surface area contributed by atoms with Crippen LogP contribution in [0, 0.1) is 0 Å². The number of sulfonamides is 1.